The van der Waals surface area contributed by atoms with Crippen LogP contribution in [0.1, 0.15) is 26.2 Å². The summed E-state index contributed by atoms with van der Waals surface area (Å²) in [6, 6.07) is 0. The molecule has 0 bridgehead atoms. The zero-order valence-corrected chi connectivity index (χ0v) is 9.11. The van der Waals surface area contributed by atoms with Crippen molar-refractivity contribution in [3.05, 3.63) is 20.9 Å². The van der Waals surface area contributed by atoms with E-state index in [-0.39, 0.29) is 12.6 Å². The topological polar surface area (TPSA) is 124 Å². The van der Waals surface area contributed by atoms with Crippen molar-refractivity contribution >= 4 is 5.97 Å². The van der Waals surface area contributed by atoms with E-state index in [4.69, 9.17) is 15.8 Å². The lowest BCUT2D eigenvalue weighted by Gasteiger charge is -2.13. The van der Waals surface area contributed by atoms with E-state index in [0.717, 1.165) is 12.8 Å². The number of azide groups is 2. The normalized spacial score (nSPS) is 10.8. The molecule has 0 aromatic heterocycles. The van der Waals surface area contributed by atoms with Crippen molar-refractivity contribution in [3.8, 4) is 0 Å². The highest BCUT2D eigenvalue weighted by Gasteiger charge is 2.10. The third kappa shape index (κ3) is 8.68. The van der Waals surface area contributed by atoms with E-state index in [1.54, 1.807) is 0 Å². The van der Waals surface area contributed by atoms with Crippen molar-refractivity contribution in [2.45, 2.75) is 32.3 Å². The van der Waals surface area contributed by atoms with Crippen molar-refractivity contribution in [2.24, 2.45) is 10.2 Å². The molecule has 0 aromatic rings. The standard InChI is InChI=1S/C8H14N6O2/c1-7(15)16-8(6-12-14-10)4-2-3-5-11-13-9/h8H,2-6H2,1H3. The van der Waals surface area contributed by atoms with Crippen molar-refractivity contribution in [2.75, 3.05) is 13.1 Å². The summed E-state index contributed by atoms with van der Waals surface area (Å²) >= 11 is 0. The van der Waals surface area contributed by atoms with Crippen molar-refractivity contribution in [1.82, 2.24) is 0 Å². The summed E-state index contributed by atoms with van der Waals surface area (Å²) in [6.45, 7) is 1.87. The molecule has 0 aliphatic rings. The van der Waals surface area contributed by atoms with Gasteiger partial charge in [0.15, 0.2) is 0 Å². The maximum atomic E-state index is 10.7. The summed E-state index contributed by atoms with van der Waals surface area (Å²) in [5.41, 5.74) is 16.2. The number of rotatable bonds is 8. The number of hydrogen-bond acceptors (Lipinski definition) is 4. The molecular formula is C8H14N6O2. The molecule has 0 N–H and O–H groups in total. The van der Waals surface area contributed by atoms with Crippen molar-refractivity contribution in [3.63, 3.8) is 0 Å². The maximum Gasteiger partial charge on any atom is 0.302 e. The van der Waals surface area contributed by atoms with Gasteiger partial charge in [-0.2, -0.15) is 0 Å². The average Bonchev–Trinajstić information content (AvgIpc) is 2.24. The van der Waals surface area contributed by atoms with Crippen LogP contribution in [0.2, 0.25) is 0 Å². The Balaban J connectivity index is 3.85. The highest BCUT2D eigenvalue weighted by molar-refractivity contribution is 5.66. The lowest BCUT2D eigenvalue weighted by molar-refractivity contribution is -0.146. The predicted molar refractivity (Wildman–Crippen MR) is 57.4 cm³/mol. The Morgan fingerprint density at radius 3 is 2.56 bits per heavy atom. The van der Waals surface area contributed by atoms with Gasteiger partial charge in [0.25, 0.3) is 0 Å². The molecule has 0 amide bonds. The Labute approximate surface area is 92.8 Å². The lowest BCUT2D eigenvalue weighted by atomic mass is 10.1. The number of carbonyl (C=O) groups excluding carboxylic acids is 1. The Morgan fingerprint density at radius 1 is 1.31 bits per heavy atom. The second kappa shape index (κ2) is 9.64. The molecule has 16 heavy (non-hydrogen) atoms. The first-order chi connectivity index (χ1) is 7.70. The highest BCUT2D eigenvalue weighted by Crippen LogP contribution is 2.06. The molecule has 0 aliphatic carbocycles. The first-order valence-corrected chi connectivity index (χ1v) is 4.89. The van der Waals surface area contributed by atoms with Gasteiger partial charge < -0.3 is 4.74 Å². The number of unbranched alkanes of at least 4 members (excludes halogenated alkanes) is 1. The molecule has 8 heteroatoms. The SMILES string of the molecule is CC(=O)OC(CCCCN=[N+]=[N-])CN=[N+]=[N-]. The highest BCUT2D eigenvalue weighted by atomic mass is 16.5. The van der Waals surface area contributed by atoms with Crippen LogP contribution in [0.3, 0.4) is 0 Å². The summed E-state index contributed by atoms with van der Waals surface area (Å²) < 4.78 is 4.95. The van der Waals surface area contributed by atoms with Gasteiger partial charge in [0.05, 0.1) is 6.54 Å². The number of esters is 1. The summed E-state index contributed by atoms with van der Waals surface area (Å²) in [6.07, 6.45) is 1.68. The van der Waals surface area contributed by atoms with E-state index in [0.29, 0.717) is 13.0 Å². The molecule has 0 spiro atoms. The summed E-state index contributed by atoms with van der Waals surface area (Å²) in [4.78, 5) is 16.0. The second-order valence-electron chi connectivity index (χ2n) is 3.10. The molecular weight excluding hydrogens is 212 g/mol. The fourth-order valence-corrected chi connectivity index (χ4v) is 1.15. The Morgan fingerprint density at radius 2 is 2.00 bits per heavy atom. The quantitative estimate of drug-likeness (QED) is 0.207. The van der Waals surface area contributed by atoms with Gasteiger partial charge in [0.1, 0.15) is 6.10 Å². The van der Waals surface area contributed by atoms with E-state index in [2.05, 4.69) is 20.1 Å². The first kappa shape index (κ1) is 14.1. The summed E-state index contributed by atoms with van der Waals surface area (Å²) in [7, 11) is 0. The van der Waals surface area contributed by atoms with Crippen LogP contribution in [0.15, 0.2) is 10.2 Å². The molecule has 0 rings (SSSR count). The maximum absolute atomic E-state index is 10.7. The van der Waals surface area contributed by atoms with Gasteiger partial charge in [-0.3, -0.25) is 4.79 Å². The number of carbonyl (C=O) groups is 1. The Hall–Kier alpha value is -1.91. The van der Waals surface area contributed by atoms with Crippen LogP contribution >= 0.6 is 0 Å². The van der Waals surface area contributed by atoms with Gasteiger partial charge in [-0.1, -0.05) is 10.2 Å². The molecule has 1 atom stereocenters. The minimum absolute atomic E-state index is 0.137. The number of nitrogens with zero attached hydrogens (tertiary/aromatic N) is 6. The van der Waals surface area contributed by atoms with Crippen LogP contribution in [0.4, 0.5) is 0 Å². The van der Waals surface area contributed by atoms with Gasteiger partial charge in [-0.05, 0) is 30.3 Å². The predicted octanol–water partition coefficient (Wildman–Crippen LogP) is 2.71. The van der Waals surface area contributed by atoms with Crippen LogP contribution in [-0.2, 0) is 9.53 Å². The van der Waals surface area contributed by atoms with Crippen LogP contribution in [-0.4, -0.2) is 25.2 Å². The van der Waals surface area contributed by atoms with Gasteiger partial charge in [0.2, 0.25) is 0 Å². The minimum Gasteiger partial charge on any atom is -0.462 e. The molecule has 0 aromatic carbocycles. The van der Waals surface area contributed by atoms with Crippen LogP contribution < -0.4 is 0 Å². The van der Waals surface area contributed by atoms with E-state index in [1.165, 1.54) is 6.92 Å². The molecule has 0 radical (unpaired) electrons. The third-order valence-electron chi connectivity index (χ3n) is 1.78. The largest absolute Gasteiger partial charge is 0.462 e. The van der Waals surface area contributed by atoms with Gasteiger partial charge in [0, 0.05) is 23.3 Å². The fraction of sp³-hybridized carbons (Fsp3) is 0.875. The van der Waals surface area contributed by atoms with Gasteiger partial charge >= 0.3 is 5.97 Å². The monoisotopic (exact) mass is 226 g/mol. The number of ether oxygens (including phenoxy) is 1. The molecule has 1 unspecified atom stereocenters. The molecule has 0 saturated carbocycles. The lowest BCUT2D eigenvalue weighted by Crippen LogP contribution is -2.19. The van der Waals surface area contributed by atoms with Crippen molar-refractivity contribution in [1.29, 1.82) is 0 Å². The second-order valence-corrected chi connectivity index (χ2v) is 3.10. The summed E-state index contributed by atoms with van der Waals surface area (Å²) in [5.74, 6) is -0.395. The number of hydrogen-bond donors (Lipinski definition) is 0. The van der Waals surface area contributed by atoms with Gasteiger partial charge in [-0.15, -0.1) is 0 Å². The smallest absolute Gasteiger partial charge is 0.302 e. The first-order valence-electron chi connectivity index (χ1n) is 4.89. The van der Waals surface area contributed by atoms with Crippen molar-refractivity contribution < 1.29 is 9.53 Å². The van der Waals surface area contributed by atoms with Crippen LogP contribution in [0.5, 0.6) is 0 Å². The molecule has 0 heterocycles. The molecule has 0 aliphatic heterocycles. The molecule has 0 fully saturated rings. The zero-order chi connectivity index (χ0) is 12.2. The Bertz CT molecular complexity index is 302. The van der Waals surface area contributed by atoms with E-state index < -0.39 is 5.97 Å². The van der Waals surface area contributed by atoms with Crippen LogP contribution in [0.25, 0.3) is 20.9 Å². The summed E-state index contributed by atoms with van der Waals surface area (Å²) in [5, 5.41) is 6.74. The van der Waals surface area contributed by atoms with E-state index >= 15 is 0 Å². The van der Waals surface area contributed by atoms with Crippen LogP contribution in [0, 0.1) is 0 Å². The van der Waals surface area contributed by atoms with E-state index in [1.807, 2.05) is 0 Å². The van der Waals surface area contributed by atoms with E-state index in [9.17, 15) is 4.79 Å². The average molecular weight is 226 g/mol. The third-order valence-corrected chi connectivity index (χ3v) is 1.78. The minimum atomic E-state index is -0.395. The van der Waals surface area contributed by atoms with Gasteiger partial charge in [-0.25, -0.2) is 0 Å². The molecule has 8 nitrogen and oxygen atoms in total. The zero-order valence-electron chi connectivity index (χ0n) is 9.11. The Kier molecular flexibility index (Phi) is 8.49. The fourth-order valence-electron chi connectivity index (χ4n) is 1.15. The molecule has 88 valence electrons. The molecule has 0 saturated heterocycles.